The Morgan fingerprint density at radius 2 is 2.03 bits per heavy atom. The van der Waals surface area contributed by atoms with Gasteiger partial charge in [-0.3, -0.25) is 9.79 Å². The van der Waals surface area contributed by atoms with Crippen LogP contribution >= 0.6 is 11.8 Å². The number of nitrogens with zero attached hydrogens (tertiary/aromatic N) is 1. The highest BCUT2D eigenvalue weighted by atomic mass is 32.2. The van der Waals surface area contributed by atoms with E-state index in [9.17, 15) is 19.1 Å². The Hall–Kier alpha value is -2.52. The minimum absolute atomic E-state index is 0.133. The number of rotatable bonds is 3. The van der Waals surface area contributed by atoms with Crippen LogP contribution in [-0.2, 0) is 9.53 Å². The molecule has 6 nitrogen and oxygen atoms in total. The molecule has 5 unspecified atom stereocenters. The van der Waals surface area contributed by atoms with Gasteiger partial charge in [0.05, 0.1) is 6.61 Å². The maximum Gasteiger partial charge on any atom is 0.332 e. The van der Waals surface area contributed by atoms with Gasteiger partial charge in [0.2, 0.25) is 0 Å². The number of amidine groups is 1. The van der Waals surface area contributed by atoms with Gasteiger partial charge in [-0.25, -0.2) is 13.6 Å². The van der Waals surface area contributed by atoms with Crippen molar-refractivity contribution in [1.29, 1.82) is 0 Å². The fourth-order valence-electron chi connectivity index (χ4n) is 4.59. The molecule has 3 aliphatic rings. The van der Waals surface area contributed by atoms with Crippen LogP contribution in [-0.4, -0.2) is 46.2 Å². The van der Waals surface area contributed by atoms with Crippen molar-refractivity contribution < 1.29 is 28.2 Å². The predicted octanol–water partition coefficient (Wildman–Crippen LogP) is 3.72. The van der Waals surface area contributed by atoms with E-state index < -0.39 is 41.1 Å². The van der Waals surface area contributed by atoms with Gasteiger partial charge in [-0.05, 0) is 36.5 Å². The van der Waals surface area contributed by atoms with E-state index in [-0.39, 0.29) is 24.9 Å². The topological polar surface area (TPSA) is 88.0 Å². The smallest absolute Gasteiger partial charge is 0.332 e. The zero-order chi connectivity index (χ0) is 22.2. The summed E-state index contributed by atoms with van der Waals surface area (Å²) in [5.41, 5.74) is -0.692. The van der Waals surface area contributed by atoms with Crippen LogP contribution in [0.3, 0.4) is 0 Å². The van der Waals surface area contributed by atoms with Crippen LogP contribution in [0.25, 0.3) is 0 Å². The quantitative estimate of drug-likeness (QED) is 0.736. The van der Waals surface area contributed by atoms with Crippen molar-refractivity contribution in [1.82, 2.24) is 5.32 Å². The summed E-state index contributed by atoms with van der Waals surface area (Å²) < 4.78 is 34.4. The maximum absolute atomic E-state index is 15.1. The Morgan fingerprint density at radius 3 is 2.71 bits per heavy atom. The first-order valence-corrected chi connectivity index (χ1v) is 11.0. The molecular weight excluding hydrogens is 426 g/mol. The molecule has 9 heteroatoms. The van der Waals surface area contributed by atoms with Crippen LogP contribution in [0.1, 0.15) is 23.7 Å². The van der Waals surface area contributed by atoms with Gasteiger partial charge in [-0.15, -0.1) is 0 Å². The molecule has 1 fully saturated rings. The highest BCUT2D eigenvalue weighted by Crippen LogP contribution is 2.50. The molecule has 2 heterocycles. The molecule has 1 amide bonds. The van der Waals surface area contributed by atoms with E-state index in [1.165, 1.54) is 17.8 Å². The highest BCUT2D eigenvalue weighted by Gasteiger charge is 2.56. The number of benzene rings is 1. The molecule has 0 aromatic heterocycles. The number of carboxylic acids is 1. The van der Waals surface area contributed by atoms with E-state index in [2.05, 4.69) is 5.32 Å². The van der Waals surface area contributed by atoms with Gasteiger partial charge < -0.3 is 15.2 Å². The van der Waals surface area contributed by atoms with Gasteiger partial charge >= 0.3 is 5.97 Å². The molecule has 5 atom stereocenters. The Labute approximate surface area is 182 Å². The summed E-state index contributed by atoms with van der Waals surface area (Å²) in [7, 11) is 0. The standard InChI is InChI=1S/C22H22F2N2O4S/c1-12-7-15(23)9-16(24)18(12)22-11-30-17(20(28)29)8-14(22)10-31-21(26-22)25-19(27)13-5-3-2-4-6-13/h2-7,9,12,14,17-18H,8,10-11H2,1H3,(H,28,29)(H,25,26,27). The fourth-order valence-corrected chi connectivity index (χ4v) is 5.77. The number of carbonyl (C=O) groups excluding carboxylic acids is 1. The van der Waals surface area contributed by atoms with Crippen LogP contribution in [0.15, 0.2) is 59.1 Å². The van der Waals surface area contributed by atoms with Crippen molar-refractivity contribution in [2.45, 2.75) is 25.0 Å². The first kappa shape index (κ1) is 21.7. The molecule has 0 bridgehead atoms. The third-order valence-corrected chi connectivity index (χ3v) is 7.08. The number of aliphatic carboxylic acids is 1. The van der Waals surface area contributed by atoms with Crippen molar-refractivity contribution >= 4 is 28.8 Å². The van der Waals surface area contributed by atoms with Gasteiger partial charge in [-0.2, -0.15) is 0 Å². The predicted molar refractivity (Wildman–Crippen MR) is 113 cm³/mol. The average molecular weight is 448 g/mol. The number of carboxylic acid groups (broad SMARTS) is 1. The molecule has 164 valence electrons. The van der Waals surface area contributed by atoms with Crippen LogP contribution < -0.4 is 5.32 Å². The molecule has 1 aliphatic carbocycles. The van der Waals surface area contributed by atoms with Crippen molar-refractivity contribution in [3.8, 4) is 0 Å². The number of halogens is 2. The lowest BCUT2D eigenvalue weighted by molar-refractivity contribution is -0.161. The van der Waals surface area contributed by atoms with Crippen molar-refractivity contribution in [3.05, 3.63) is 59.7 Å². The normalized spacial score (nSPS) is 32.8. The molecule has 1 aromatic rings. The van der Waals surface area contributed by atoms with E-state index in [1.807, 2.05) is 0 Å². The van der Waals surface area contributed by atoms with Gasteiger partial charge in [-0.1, -0.05) is 36.9 Å². The number of thioether (sulfide) groups is 1. The number of aliphatic imine (C=N–C) groups is 1. The van der Waals surface area contributed by atoms with E-state index in [0.29, 0.717) is 16.5 Å². The number of fused-ring (bicyclic) bond motifs is 1. The molecule has 1 saturated heterocycles. The van der Waals surface area contributed by atoms with E-state index in [4.69, 9.17) is 9.73 Å². The third kappa shape index (κ3) is 4.16. The Kier molecular flexibility index (Phi) is 5.98. The van der Waals surface area contributed by atoms with Gasteiger partial charge in [0, 0.05) is 23.3 Å². The van der Waals surface area contributed by atoms with E-state index in [1.54, 1.807) is 37.3 Å². The molecule has 0 radical (unpaired) electrons. The summed E-state index contributed by atoms with van der Waals surface area (Å²) in [6.07, 6.45) is 1.34. The zero-order valence-electron chi connectivity index (χ0n) is 16.8. The molecule has 4 rings (SSSR count). The molecule has 0 saturated carbocycles. The highest BCUT2D eigenvalue weighted by molar-refractivity contribution is 8.13. The number of ether oxygens (including phenoxy) is 1. The number of allylic oxidation sites excluding steroid dienone is 3. The second-order valence-corrected chi connectivity index (χ2v) is 9.04. The summed E-state index contributed by atoms with van der Waals surface area (Å²) >= 11 is 1.29. The van der Waals surface area contributed by atoms with Crippen LogP contribution in [0.2, 0.25) is 0 Å². The minimum atomic E-state index is -1.15. The summed E-state index contributed by atoms with van der Waals surface area (Å²) in [5.74, 6) is -3.95. The van der Waals surface area contributed by atoms with E-state index >= 15 is 4.39 Å². The lowest BCUT2D eigenvalue weighted by Gasteiger charge is -2.50. The summed E-state index contributed by atoms with van der Waals surface area (Å²) in [5, 5.41) is 12.5. The van der Waals surface area contributed by atoms with Crippen molar-refractivity contribution in [2.24, 2.45) is 22.7 Å². The molecule has 0 spiro atoms. The molecule has 1 aromatic carbocycles. The maximum atomic E-state index is 15.1. The summed E-state index contributed by atoms with van der Waals surface area (Å²) in [6, 6.07) is 8.63. The Balaban J connectivity index is 1.69. The Bertz CT molecular complexity index is 981. The fraction of sp³-hybridized carbons (Fsp3) is 0.409. The molecule has 2 aliphatic heterocycles. The lowest BCUT2D eigenvalue weighted by Crippen LogP contribution is -2.59. The number of amides is 1. The van der Waals surface area contributed by atoms with Crippen LogP contribution in [0, 0.1) is 17.8 Å². The lowest BCUT2D eigenvalue weighted by atomic mass is 9.65. The number of hydrogen-bond donors (Lipinski definition) is 2. The SMILES string of the molecule is CC1C=C(F)C=C(F)C1C12COC(C(=O)O)CC1CSC(NC(=O)c1ccccc1)=N2. The van der Waals surface area contributed by atoms with Crippen LogP contribution in [0.4, 0.5) is 8.78 Å². The molecule has 31 heavy (non-hydrogen) atoms. The molecular formula is C22H22F2N2O4S. The first-order chi connectivity index (χ1) is 14.8. The number of carbonyl (C=O) groups is 2. The monoisotopic (exact) mass is 448 g/mol. The zero-order valence-corrected chi connectivity index (χ0v) is 17.6. The number of nitrogens with one attached hydrogen (secondary N) is 1. The third-order valence-electron chi connectivity index (χ3n) is 6.04. The Morgan fingerprint density at radius 1 is 1.29 bits per heavy atom. The second kappa shape index (κ2) is 8.55. The van der Waals surface area contributed by atoms with Gasteiger partial charge in [0.25, 0.3) is 5.91 Å². The number of hydrogen-bond acceptors (Lipinski definition) is 5. The molecule has 2 N–H and O–H groups in total. The van der Waals surface area contributed by atoms with Crippen molar-refractivity contribution in [2.75, 3.05) is 12.4 Å². The van der Waals surface area contributed by atoms with E-state index in [0.717, 1.165) is 6.08 Å². The van der Waals surface area contributed by atoms with Crippen LogP contribution in [0.5, 0.6) is 0 Å². The second-order valence-electron chi connectivity index (χ2n) is 8.03. The van der Waals surface area contributed by atoms with Crippen molar-refractivity contribution in [3.63, 3.8) is 0 Å². The minimum Gasteiger partial charge on any atom is -0.479 e. The average Bonchev–Trinajstić information content (AvgIpc) is 2.73. The first-order valence-electron chi connectivity index (χ1n) is 9.98. The summed E-state index contributed by atoms with van der Waals surface area (Å²) in [4.78, 5) is 28.8. The largest absolute Gasteiger partial charge is 0.479 e. The van der Waals surface area contributed by atoms with Gasteiger partial charge in [0.15, 0.2) is 11.3 Å². The summed E-state index contributed by atoms with van der Waals surface area (Å²) in [6.45, 7) is 1.57. The van der Waals surface area contributed by atoms with Gasteiger partial charge in [0.1, 0.15) is 17.2 Å².